The van der Waals surface area contributed by atoms with E-state index in [1.165, 1.54) is 18.1 Å². The van der Waals surface area contributed by atoms with E-state index in [4.69, 9.17) is 4.42 Å². The van der Waals surface area contributed by atoms with Crippen molar-refractivity contribution < 1.29 is 9.21 Å². The molecule has 0 bridgehead atoms. The number of hydrogen-bond acceptors (Lipinski definition) is 2. The first-order valence-electron chi connectivity index (χ1n) is 4.59. The maximum Gasteiger partial charge on any atom is 0.194 e. The number of hydrogen-bond donors (Lipinski definition) is 0. The summed E-state index contributed by atoms with van der Waals surface area (Å²) in [6, 6.07) is 5.81. The van der Waals surface area contributed by atoms with Gasteiger partial charge in [-0.2, -0.15) is 0 Å². The summed E-state index contributed by atoms with van der Waals surface area (Å²) in [7, 11) is 0. The molecule has 0 atom stereocenters. The average Bonchev–Trinajstić information content (AvgIpc) is 2.48. The molecular formula is C12H12O2. The van der Waals surface area contributed by atoms with Gasteiger partial charge in [0.25, 0.3) is 0 Å². The number of aryl methyl sites for hydroxylation is 2. The molecule has 0 radical (unpaired) electrons. The molecule has 0 saturated heterocycles. The summed E-state index contributed by atoms with van der Waals surface area (Å²) in [4.78, 5) is 11.1. The Kier molecular flexibility index (Phi) is 1.92. The number of carbonyl (C=O) groups is 1. The molecule has 0 fully saturated rings. The number of carbonyl (C=O) groups excluding carboxylic acids is 1. The molecule has 0 aliphatic heterocycles. The number of furan rings is 1. The van der Waals surface area contributed by atoms with Crippen molar-refractivity contribution in [3.63, 3.8) is 0 Å². The van der Waals surface area contributed by atoms with Crippen LogP contribution < -0.4 is 0 Å². The van der Waals surface area contributed by atoms with Crippen LogP contribution in [0.15, 0.2) is 22.6 Å². The van der Waals surface area contributed by atoms with Crippen LogP contribution in [0.5, 0.6) is 0 Å². The van der Waals surface area contributed by atoms with Crippen LogP contribution in [-0.4, -0.2) is 5.78 Å². The second kappa shape index (κ2) is 2.98. The summed E-state index contributed by atoms with van der Waals surface area (Å²) in [6.07, 6.45) is 0. The van der Waals surface area contributed by atoms with Gasteiger partial charge in [0.2, 0.25) is 0 Å². The Labute approximate surface area is 82.5 Å². The van der Waals surface area contributed by atoms with Gasteiger partial charge in [-0.3, -0.25) is 4.79 Å². The van der Waals surface area contributed by atoms with Gasteiger partial charge >= 0.3 is 0 Å². The molecule has 2 rings (SSSR count). The highest BCUT2D eigenvalue weighted by molar-refractivity contribution is 5.96. The Morgan fingerprint density at radius 3 is 2.43 bits per heavy atom. The summed E-state index contributed by atoms with van der Waals surface area (Å²) in [5.74, 6) is 0.404. The minimum Gasteiger partial charge on any atom is -0.453 e. The number of benzene rings is 1. The van der Waals surface area contributed by atoms with Crippen LogP contribution in [-0.2, 0) is 0 Å². The maximum absolute atomic E-state index is 11.1. The van der Waals surface area contributed by atoms with Crippen LogP contribution in [0.2, 0.25) is 0 Å². The van der Waals surface area contributed by atoms with Crippen LogP contribution in [0.25, 0.3) is 11.0 Å². The van der Waals surface area contributed by atoms with Gasteiger partial charge in [-0.05, 0) is 43.2 Å². The lowest BCUT2D eigenvalue weighted by atomic mass is 10.1. The van der Waals surface area contributed by atoms with E-state index in [0.717, 1.165) is 11.0 Å². The lowest BCUT2D eigenvalue weighted by molar-refractivity contribution is 0.0989. The Morgan fingerprint density at radius 2 is 1.79 bits per heavy atom. The van der Waals surface area contributed by atoms with Gasteiger partial charge in [0.1, 0.15) is 5.58 Å². The number of rotatable bonds is 1. The van der Waals surface area contributed by atoms with Gasteiger partial charge in [-0.1, -0.05) is 0 Å². The Morgan fingerprint density at radius 1 is 1.14 bits per heavy atom. The molecule has 1 aromatic carbocycles. The van der Waals surface area contributed by atoms with Gasteiger partial charge in [-0.15, -0.1) is 0 Å². The normalized spacial score (nSPS) is 10.8. The summed E-state index contributed by atoms with van der Waals surface area (Å²) < 4.78 is 5.42. The van der Waals surface area contributed by atoms with Crippen molar-refractivity contribution in [2.24, 2.45) is 0 Å². The van der Waals surface area contributed by atoms with E-state index in [9.17, 15) is 4.79 Å². The molecule has 2 heteroatoms. The molecule has 0 unspecified atom stereocenters. The van der Waals surface area contributed by atoms with E-state index < -0.39 is 0 Å². The average molecular weight is 188 g/mol. The van der Waals surface area contributed by atoms with Crippen molar-refractivity contribution in [1.29, 1.82) is 0 Å². The van der Waals surface area contributed by atoms with Gasteiger partial charge in [0, 0.05) is 12.3 Å². The third kappa shape index (κ3) is 1.33. The SMILES string of the molecule is CC(=O)c1cc2cc(C)c(C)cc2o1. The van der Waals surface area contributed by atoms with E-state index in [1.54, 1.807) is 6.07 Å². The summed E-state index contributed by atoms with van der Waals surface area (Å²) in [5, 5.41) is 0.998. The molecule has 1 heterocycles. The van der Waals surface area contributed by atoms with Crippen LogP contribution in [0.1, 0.15) is 28.6 Å². The molecule has 2 nitrogen and oxygen atoms in total. The highest BCUT2D eigenvalue weighted by atomic mass is 16.3. The number of Topliss-reactive ketones (excluding diaryl/α,β-unsaturated/α-hetero) is 1. The van der Waals surface area contributed by atoms with E-state index >= 15 is 0 Å². The fraction of sp³-hybridized carbons (Fsp3) is 0.250. The first-order chi connectivity index (χ1) is 6.58. The fourth-order valence-corrected chi connectivity index (χ4v) is 1.48. The van der Waals surface area contributed by atoms with Gasteiger partial charge in [0.15, 0.2) is 11.5 Å². The summed E-state index contributed by atoms with van der Waals surface area (Å²) >= 11 is 0. The minimum absolute atomic E-state index is 0.0310. The van der Waals surface area contributed by atoms with Crippen molar-refractivity contribution in [3.05, 3.63) is 35.1 Å². The van der Waals surface area contributed by atoms with Crippen LogP contribution in [0.3, 0.4) is 0 Å². The lowest BCUT2D eigenvalue weighted by Crippen LogP contribution is -1.85. The molecule has 2 aromatic rings. The monoisotopic (exact) mass is 188 g/mol. The molecule has 0 saturated carbocycles. The molecule has 14 heavy (non-hydrogen) atoms. The predicted molar refractivity (Wildman–Crippen MR) is 55.7 cm³/mol. The molecular weight excluding hydrogens is 176 g/mol. The second-order valence-electron chi connectivity index (χ2n) is 3.64. The van der Waals surface area contributed by atoms with Crippen molar-refractivity contribution in [3.8, 4) is 0 Å². The summed E-state index contributed by atoms with van der Waals surface area (Å²) in [6.45, 7) is 5.59. The maximum atomic E-state index is 11.1. The van der Waals surface area contributed by atoms with Gasteiger partial charge < -0.3 is 4.42 Å². The standard InChI is InChI=1S/C12H12O2/c1-7-4-10-6-11(9(3)13)14-12(10)5-8(7)2/h4-6H,1-3H3. The molecule has 0 spiro atoms. The van der Waals surface area contributed by atoms with E-state index in [-0.39, 0.29) is 5.78 Å². The third-order valence-corrected chi connectivity index (χ3v) is 2.48. The molecule has 0 aliphatic carbocycles. The van der Waals surface area contributed by atoms with Crippen molar-refractivity contribution >= 4 is 16.8 Å². The third-order valence-electron chi connectivity index (χ3n) is 2.48. The van der Waals surface area contributed by atoms with Crippen molar-refractivity contribution in [1.82, 2.24) is 0 Å². The zero-order chi connectivity index (χ0) is 10.3. The van der Waals surface area contributed by atoms with E-state index in [2.05, 4.69) is 6.92 Å². The fourth-order valence-electron chi connectivity index (χ4n) is 1.48. The molecule has 0 aliphatic rings. The largest absolute Gasteiger partial charge is 0.453 e. The van der Waals surface area contributed by atoms with E-state index in [1.807, 2.05) is 19.1 Å². The van der Waals surface area contributed by atoms with Crippen molar-refractivity contribution in [2.45, 2.75) is 20.8 Å². The topological polar surface area (TPSA) is 30.2 Å². The van der Waals surface area contributed by atoms with E-state index in [0.29, 0.717) is 5.76 Å². The number of fused-ring (bicyclic) bond motifs is 1. The quantitative estimate of drug-likeness (QED) is 0.643. The smallest absolute Gasteiger partial charge is 0.194 e. The van der Waals surface area contributed by atoms with Crippen LogP contribution in [0.4, 0.5) is 0 Å². The Bertz CT molecular complexity index is 467. The minimum atomic E-state index is -0.0310. The zero-order valence-corrected chi connectivity index (χ0v) is 8.55. The van der Waals surface area contributed by atoms with Crippen molar-refractivity contribution in [2.75, 3.05) is 0 Å². The van der Waals surface area contributed by atoms with Gasteiger partial charge in [0.05, 0.1) is 0 Å². The summed E-state index contributed by atoms with van der Waals surface area (Å²) in [5.41, 5.74) is 3.19. The van der Waals surface area contributed by atoms with Gasteiger partial charge in [-0.25, -0.2) is 0 Å². The Hall–Kier alpha value is -1.57. The first kappa shape index (κ1) is 9.00. The molecule has 0 N–H and O–H groups in total. The van der Waals surface area contributed by atoms with Crippen LogP contribution in [0, 0.1) is 13.8 Å². The van der Waals surface area contributed by atoms with Crippen LogP contribution >= 0.6 is 0 Å². The highest BCUT2D eigenvalue weighted by Gasteiger charge is 2.08. The highest BCUT2D eigenvalue weighted by Crippen LogP contribution is 2.23. The first-order valence-corrected chi connectivity index (χ1v) is 4.59. The Balaban J connectivity index is 2.72. The second-order valence-corrected chi connectivity index (χ2v) is 3.64. The molecule has 72 valence electrons. The lowest BCUT2D eigenvalue weighted by Gasteiger charge is -1.97. The number of ketones is 1. The predicted octanol–water partition coefficient (Wildman–Crippen LogP) is 3.25. The molecule has 1 aromatic heterocycles. The zero-order valence-electron chi connectivity index (χ0n) is 8.55. The molecule has 0 amide bonds.